The third-order valence-electron chi connectivity index (χ3n) is 5.01. The predicted molar refractivity (Wildman–Crippen MR) is 113 cm³/mol. The van der Waals surface area contributed by atoms with Gasteiger partial charge >= 0.3 is 0 Å². The molecule has 1 aromatic carbocycles. The van der Waals surface area contributed by atoms with Crippen LogP contribution in [-0.4, -0.2) is 55.1 Å². The van der Waals surface area contributed by atoms with E-state index in [0.717, 1.165) is 11.1 Å². The molecule has 0 aliphatic carbocycles. The lowest BCUT2D eigenvalue weighted by molar-refractivity contribution is -0.118. The zero-order valence-corrected chi connectivity index (χ0v) is 16.8. The van der Waals surface area contributed by atoms with Gasteiger partial charge in [0.05, 0.1) is 36.6 Å². The minimum absolute atomic E-state index is 0.0776. The van der Waals surface area contributed by atoms with Gasteiger partial charge in [-0.1, -0.05) is 0 Å². The van der Waals surface area contributed by atoms with E-state index in [9.17, 15) is 9.18 Å². The van der Waals surface area contributed by atoms with Crippen molar-refractivity contribution in [2.45, 2.75) is 6.54 Å². The minimum Gasteiger partial charge on any atom is -0.321 e. The van der Waals surface area contributed by atoms with Gasteiger partial charge in [-0.3, -0.25) is 9.48 Å². The van der Waals surface area contributed by atoms with Crippen LogP contribution in [0.3, 0.4) is 0 Å². The third kappa shape index (κ3) is 3.94. The van der Waals surface area contributed by atoms with Crippen LogP contribution in [0.4, 0.5) is 21.7 Å². The van der Waals surface area contributed by atoms with Crippen molar-refractivity contribution < 1.29 is 9.18 Å². The molecule has 0 bridgehead atoms. The highest BCUT2D eigenvalue weighted by Gasteiger charge is 2.20. The summed E-state index contributed by atoms with van der Waals surface area (Å²) in [6.07, 6.45) is 6.84. The van der Waals surface area contributed by atoms with Crippen molar-refractivity contribution in [1.82, 2.24) is 34.8 Å². The second-order valence-corrected chi connectivity index (χ2v) is 7.34. The van der Waals surface area contributed by atoms with Gasteiger partial charge in [0, 0.05) is 38.2 Å². The Morgan fingerprint density at radius 1 is 1.19 bits per heavy atom. The van der Waals surface area contributed by atoms with Crippen molar-refractivity contribution in [3.8, 4) is 0 Å². The molecule has 4 aromatic rings. The topological polar surface area (TPSA) is 106 Å². The summed E-state index contributed by atoms with van der Waals surface area (Å²) in [6, 6.07) is 4.64. The molecule has 1 saturated heterocycles. The summed E-state index contributed by atoms with van der Waals surface area (Å²) >= 11 is 0. The fraction of sp³-hybridized carbons (Fsp3) is 0.250. The summed E-state index contributed by atoms with van der Waals surface area (Å²) in [4.78, 5) is 22.7. The Labute approximate surface area is 176 Å². The molecule has 0 atom stereocenters. The number of halogens is 1. The van der Waals surface area contributed by atoms with Gasteiger partial charge in [0.2, 0.25) is 11.9 Å². The molecular weight excluding hydrogens is 401 g/mol. The number of aromatic nitrogens is 6. The number of fused-ring (bicyclic) bond motifs is 1. The minimum atomic E-state index is -0.399. The van der Waals surface area contributed by atoms with Gasteiger partial charge in [0.1, 0.15) is 5.82 Å². The predicted octanol–water partition coefficient (Wildman–Crippen LogP) is 1.43. The number of carbonyl (C=O) groups excluding carboxylic acids is 1. The lowest BCUT2D eigenvalue weighted by Gasteiger charge is -2.27. The van der Waals surface area contributed by atoms with E-state index in [0.29, 0.717) is 42.5 Å². The van der Waals surface area contributed by atoms with Crippen LogP contribution in [0.15, 0.2) is 43.0 Å². The molecule has 1 amide bonds. The third-order valence-corrected chi connectivity index (χ3v) is 5.01. The number of benzene rings is 1. The number of piperazine rings is 1. The summed E-state index contributed by atoms with van der Waals surface area (Å²) in [6.45, 7) is 1.73. The lowest BCUT2D eigenvalue weighted by atomic mass is 10.1. The Balaban J connectivity index is 1.43. The van der Waals surface area contributed by atoms with Gasteiger partial charge < -0.3 is 15.5 Å². The van der Waals surface area contributed by atoms with Gasteiger partial charge in [-0.15, -0.1) is 0 Å². The van der Waals surface area contributed by atoms with E-state index >= 15 is 0 Å². The molecule has 0 unspecified atom stereocenters. The van der Waals surface area contributed by atoms with Gasteiger partial charge in [-0.25, -0.2) is 14.1 Å². The second kappa shape index (κ2) is 7.76. The number of nitrogens with zero attached hydrogens (tertiary/aromatic N) is 7. The van der Waals surface area contributed by atoms with Crippen molar-refractivity contribution in [1.29, 1.82) is 0 Å². The van der Waals surface area contributed by atoms with Crippen molar-refractivity contribution >= 4 is 34.3 Å². The van der Waals surface area contributed by atoms with Crippen LogP contribution in [0, 0.1) is 5.82 Å². The second-order valence-electron chi connectivity index (χ2n) is 7.34. The number of carbonyl (C=O) groups is 1. The van der Waals surface area contributed by atoms with Crippen molar-refractivity contribution in [3.05, 3.63) is 54.4 Å². The molecule has 1 aliphatic rings. The summed E-state index contributed by atoms with van der Waals surface area (Å²) in [7, 11) is 1.82. The Morgan fingerprint density at radius 3 is 2.90 bits per heavy atom. The van der Waals surface area contributed by atoms with Crippen LogP contribution in [-0.2, 0) is 18.4 Å². The molecule has 11 heteroatoms. The molecule has 5 rings (SSSR count). The van der Waals surface area contributed by atoms with Crippen LogP contribution in [0.25, 0.3) is 11.0 Å². The number of amides is 1. The largest absolute Gasteiger partial charge is 0.321 e. The number of rotatable bonds is 5. The normalized spacial score (nSPS) is 14.4. The van der Waals surface area contributed by atoms with Crippen molar-refractivity contribution in [2.75, 3.05) is 29.9 Å². The average molecular weight is 421 g/mol. The smallest absolute Gasteiger partial charge is 0.240 e. The average Bonchev–Trinajstić information content (AvgIpc) is 3.34. The molecule has 1 aliphatic heterocycles. The van der Waals surface area contributed by atoms with Crippen LogP contribution < -0.4 is 15.5 Å². The maximum Gasteiger partial charge on any atom is 0.240 e. The number of hydrogen-bond donors (Lipinski definition) is 2. The first-order valence-corrected chi connectivity index (χ1v) is 9.80. The fourth-order valence-electron chi connectivity index (χ4n) is 3.59. The maximum atomic E-state index is 14.3. The Hall–Kier alpha value is -3.86. The van der Waals surface area contributed by atoms with Crippen LogP contribution in [0.2, 0.25) is 0 Å². The van der Waals surface area contributed by atoms with E-state index in [-0.39, 0.29) is 12.5 Å². The van der Waals surface area contributed by atoms with Crippen molar-refractivity contribution in [2.24, 2.45) is 7.05 Å². The fourth-order valence-corrected chi connectivity index (χ4v) is 3.59. The van der Waals surface area contributed by atoms with Gasteiger partial charge in [0.25, 0.3) is 0 Å². The highest BCUT2D eigenvalue weighted by Crippen LogP contribution is 2.22. The summed E-state index contributed by atoms with van der Waals surface area (Å²) in [5, 5.41) is 15.4. The molecule has 0 radical (unpaired) electrons. The van der Waals surface area contributed by atoms with E-state index in [1.807, 2.05) is 19.3 Å². The molecule has 4 heterocycles. The summed E-state index contributed by atoms with van der Waals surface area (Å²) in [5.41, 5.74) is 2.62. The molecular formula is C20H20FN9O. The van der Waals surface area contributed by atoms with Gasteiger partial charge in [-0.05, 0) is 23.8 Å². The van der Waals surface area contributed by atoms with E-state index in [1.165, 1.54) is 12.1 Å². The highest BCUT2D eigenvalue weighted by molar-refractivity contribution is 5.95. The molecule has 1 fully saturated rings. The SMILES string of the molecule is Cn1cc(Nc2ncc3cnn(Cc4cc(F)cc(N5CCNCC5=O)c4)c3n2)cn1. The molecule has 31 heavy (non-hydrogen) atoms. The van der Waals surface area contributed by atoms with E-state index < -0.39 is 5.82 Å². The van der Waals surface area contributed by atoms with Crippen LogP contribution in [0.1, 0.15) is 5.56 Å². The zero-order chi connectivity index (χ0) is 21.4. The van der Waals surface area contributed by atoms with E-state index in [2.05, 4.69) is 30.8 Å². The number of aryl methyl sites for hydroxylation is 1. The van der Waals surface area contributed by atoms with Gasteiger partial charge in [0.15, 0.2) is 5.65 Å². The molecule has 0 spiro atoms. The first-order valence-electron chi connectivity index (χ1n) is 9.80. The van der Waals surface area contributed by atoms with E-state index in [4.69, 9.17) is 0 Å². The molecule has 0 saturated carbocycles. The number of anilines is 3. The summed E-state index contributed by atoms with van der Waals surface area (Å²) < 4.78 is 17.7. The molecule has 3 aromatic heterocycles. The summed E-state index contributed by atoms with van der Waals surface area (Å²) in [5.74, 6) is -0.0661. The zero-order valence-electron chi connectivity index (χ0n) is 16.8. The molecule has 158 valence electrons. The van der Waals surface area contributed by atoms with Crippen LogP contribution in [0.5, 0.6) is 0 Å². The molecule has 10 nitrogen and oxygen atoms in total. The maximum absolute atomic E-state index is 14.3. The first-order chi connectivity index (χ1) is 15.0. The number of nitrogens with one attached hydrogen (secondary N) is 2. The van der Waals surface area contributed by atoms with Gasteiger partial charge in [-0.2, -0.15) is 15.2 Å². The Kier molecular flexibility index (Phi) is 4.79. The molecule has 2 N–H and O–H groups in total. The number of hydrogen-bond acceptors (Lipinski definition) is 7. The Morgan fingerprint density at radius 2 is 2.10 bits per heavy atom. The Bertz CT molecular complexity index is 1260. The standard InChI is InChI=1S/C20H20FN9O/c1-28-12-16(9-24-28)26-20-23-7-14-8-25-30(19(14)27-20)11-13-4-15(21)6-17(5-13)29-3-2-22-10-18(29)31/h4-9,12,22H,2-3,10-11H2,1H3,(H,23,26,27). The first kappa shape index (κ1) is 19.1. The van der Waals surface area contributed by atoms with Crippen molar-refractivity contribution in [3.63, 3.8) is 0 Å². The lowest BCUT2D eigenvalue weighted by Crippen LogP contribution is -2.48. The quantitative estimate of drug-likeness (QED) is 0.502. The highest BCUT2D eigenvalue weighted by atomic mass is 19.1. The monoisotopic (exact) mass is 421 g/mol. The van der Waals surface area contributed by atoms with E-state index in [1.54, 1.807) is 32.9 Å². The van der Waals surface area contributed by atoms with Crippen LogP contribution >= 0.6 is 0 Å².